The highest BCUT2D eigenvalue weighted by Crippen LogP contribution is 2.30. The maximum Gasteiger partial charge on any atom is 0.387 e. The molecule has 2 N–H and O–H groups in total. The second-order valence-electron chi connectivity index (χ2n) is 6.84. The molecule has 1 aliphatic heterocycles. The van der Waals surface area contributed by atoms with Crippen molar-refractivity contribution in [1.82, 2.24) is 19.0 Å². The minimum absolute atomic E-state index is 0.0824. The minimum Gasteiger partial charge on any atom is -0.435 e. The van der Waals surface area contributed by atoms with Crippen LogP contribution in [0, 0.1) is 0 Å². The first-order chi connectivity index (χ1) is 14.8. The number of halogens is 2. The molecule has 0 radical (unpaired) electrons. The number of imide groups is 1. The third kappa shape index (κ3) is 3.89. The highest BCUT2D eigenvalue weighted by molar-refractivity contribution is 7.00. The number of amides is 4. The number of rotatable bonds is 6. The van der Waals surface area contributed by atoms with Gasteiger partial charge in [0, 0.05) is 0 Å². The van der Waals surface area contributed by atoms with E-state index < -0.39 is 36.5 Å². The van der Waals surface area contributed by atoms with Crippen LogP contribution in [0.1, 0.15) is 12.5 Å². The van der Waals surface area contributed by atoms with Crippen molar-refractivity contribution in [3.05, 3.63) is 48.0 Å². The van der Waals surface area contributed by atoms with E-state index in [0.29, 0.717) is 22.3 Å². The van der Waals surface area contributed by atoms with Crippen molar-refractivity contribution in [2.24, 2.45) is 0 Å². The molecule has 0 bridgehead atoms. The standard InChI is InChI=1S/C19H15F2N5O4S/c1-19(10-5-7-11(8-6-10)30-17(20)21)16(28)26(18(29)23-19)9-14(27)22-12-3-2-4-13-15(12)25-31-24-13/h2-8,17H,9H2,1H3,(H,22,27)(H,23,29)/t19-/m1/s1. The van der Waals surface area contributed by atoms with Gasteiger partial charge in [-0.15, -0.1) is 0 Å². The van der Waals surface area contributed by atoms with Crippen molar-refractivity contribution in [3.63, 3.8) is 0 Å². The Bertz CT molecular complexity index is 1170. The highest BCUT2D eigenvalue weighted by Gasteiger charge is 2.49. The summed E-state index contributed by atoms with van der Waals surface area (Å²) in [6.45, 7) is -2.02. The van der Waals surface area contributed by atoms with Gasteiger partial charge >= 0.3 is 12.6 Å². The number of hydrogen-bond acceptors (Lipinski definition) is 7. The fourth-order valence-electron chi connectivity index (χ4n) is 3.25. The second kappa shape index (κ2) is 7.87. The van der Waals surface area contributed by atoms with E-state index in [1.807, 2.05) is 0 Å². The van der Waals surface area contributed by atoms with Crippen LogP contribution >= 0.6 is 11.7 Å². The summed E-state index contributed by atoms with van der Waals surface area (Å²) in [5.74, 6) is -1.32. The van der Waals surface area contributed by atoms with Crippen LogP contribution in [0.4, 0.5) is 19.3 Å². The number of alkyl halides is 2. The molecule has 1 atom stereocenters. The maximum atomic E-state index is 13.0. The number of hydrogen-bond donors (Lipinski definition) is 2. The molecule has 2 aromatic carbocycles. The zero-order valence-corrected chi connectivity index (χ0v) is 16.8. The number of nitrogens with one attached hydrogen (secondary N) is 2. The van der Waals surface area contributed by atoms with Crippen LogP contribution in [-0.4, -0.2) is 44.6 Å². The summed E-state index contributed by atoms with van der Waals surface area (Å²) in [6, 6.07) is 9.67. The van der Waals surface area contributed by atoms with Gasteiger partial charge in [-0.25, -0.2) is 4.79 Å². The molecule has 1 aromatic heterocycles. The molecule has 3 aromatic rings. The second-order valence-corrected chi connectivity index (χ2v) is 7.36. The topological polar surface area (TPSA) is 114 Å². The molecule has 0 aliphatic carbocycles. The van der Waals surface area contributed by atoms with Crippen LogP contribution in [0.15, 0.2) is 42.5 Å². The van der Waals surface area contributed by atoms with E-state index in [1.165, 1.54) is 31.2 Å². The highest BCUT2D eigenvalue weighted by atomic mass is 32.1. The number of urea groups is 1. The van der Waals surface area contributed by atoms with Crippen molar-refractivity contribution < 1.29 is 27.9 Å². The zero-order chi connectivity index (χ0) is 22.2. The first-order valence-electron chi connectivity index (χ1n) is 8.98. The lowest BCUT2D eigenvalue weighted by molar-refractivity contribution is -0.133. The quantitative estimate of drug-likeness (QED) is 0.562. The number of benzene rings is 2. The summed E-state index contributed by atoms with van der Waals surface area (Å²) in [5.41, 5.74) is 0.438. The molecule has 9 nitrogen and oxygen atoms in total. The number of fused-ring (bicyclic) bond motifs is 1. The average Bonchev–Trinajstić information content (AvgIpc) is 3.28. The molecule has 1 aliphatic rings. The van der Waals surface area contributed by atoms with Gasteiger partial charge in [-0.05, 0) is 36.8 Å². The minimum atomic E-state index is -2.98. The molecule has 0 spiro atoms. The Balaban J connectivity index is 1.48. The maximum absolute atomic E-state index is 13.0. The number of anilines is 1. The third-order valence-corrected chi connectivity index (χ3v) is 5.34. The van der Waals surface area contributed by atoms with Crippen molar-refractivity contribution in [2.75, 3.05) is 11.9 Å². The van der Waals surface area contributed by atoms with E-state index in [2.05, 4.69) is 24.1 Å². The molecular weight excluding hydrogens is 432 g/mol. The van der Waals surface area contributed by atoms with Gasteiger partial charge in [0.05, 0.1) is 17.4 Å². The van der Waals surface area contributed by atoms with Crippen LogP contribution < -0.4 is 15.4 Å². The molecule has 1 fully saturated rings. The van der Waals surface area contributed by atoms with Crippen LogP contribution in [-0.2, 0) is 15.1 Å². The van der Waals surface area contributed by atoms with Gasteiger partial charge in [0.25, 0.3) is 5.91 Å². The molecule has 2 heterocycles. The Labute approximate surface area is 178 Å². The largest absolute Gasteiger partial charge is 0.435 e. The number of carbonyl (C=O) groups excluding carboxylic acids is 3. The van der Waals surface area contributed by atoms with Crippen molar-refractivity contribution >= 4 is 46.3 Å². The Kier molecular flexibility index (Phi) is 5.23. The van der Waals surface area contributed by atoms with E-state index in [4.69, 9.17) is 0 Å². The zero-order valence-electron chi connectivity index (χ0n) is 16.0. The van der Waals surface area contributed by atoms with Crippen LogP contribution in [0.5, 0.6) is 5.75 Å². The van der Waals surface area contributed by atoms with Crippen molar-refractivity contribution in [2.45, 2.75) is 19.1 Å². The van der Waals surface area contributed by atoms with Crippen molar-refractivity contribution in [3.8, 4) is 5.75 Å². The molecule has 31 heavy (non-hydrogen) atoms. The fourth-order valence-corrected chi connectivity index (χ4v) is 3.80. The lowest BCUT2D eigenvalue weighted by Gasteiger charge is -2.22. The monoisotopic (exact) mass is 447 g/mol. The molecule has 0 unspecified atom stereocenters. The molecule has 12 heteroatoms. The van der Waals surface area contributed by atoms with E-state index in [-0.39, 0.29) is 5.75 Å². The summed E-state index contributed by atoms with van der Waals surface area (Å²) < 4.78 is 37.1. The number of ether oxygens (including phenoxy) is 1. The third-order valence-electron chi connectivity index (χ3n) is 4.79. The first kappa shape index (κ1) is 20.6. The summed E-state index contributed by atoms with van der Waals surface area (Å²) in [6.07, 6.45) is 0. The SMILES string of the molecule is C[C@]1(c2ccc(OC(F)F)cc2)NC(=O)N(CC(=O)Nc2cccc3nsnc23)C1=O. The summed E-state index contributed by atoms with van der Waals surface area (Å²) in [4.78, 5) is 38.7. The normalized spacial score (nSPS) is 18.5. The Morgan fingerprint density at radius 3 is 2.68 bits per heavy atom. The Morgan fingerprint density at radius 2 is 1.97 bits per heavy atom. The van der Waals surface area contributed by atoms with Crippen LogP contribution in [0.3, 0.4) is 0 Å². The smallest absolute Gasteiger partial charge is 0.387 e. The first-order valence-corrected chi connectivity index (χ1v) is 9.71. The fraction of sp³-hybridized carbons (Fsp3) is 0.211. The van der Waals surface area contributed by atoms with Gasteiger partial charge in [0.2, 0.25) is 5.91 Å². The number of aromatic nitrogens is 2. The van der Waals surface area contributed by atoms with E-state index in [0.717, 1.165) is 16.6 Å². The Morgan fingerprint density at radius 1 is 1.23 bits per heavy atom. The number of carbonyl (C=O) groups is 3. The van der Waals surface area contributed by atoms with E-state index in [1.54, 1.807) is 18.2 Å². The summed E-state index contributed by atoms with van der Waals surface area (Å²) in [7, 11) is 0. The predicted octanol–water partition coefficient (Wildman–Crippen LogP) is 2.70. The van der Waals surface area contributed by atoms with Crippen LogP contribution in [0.2, 0.25) is 0 Å². The molecule has 4 rings (SSSR count). The Hall–Kier alpha value is -3.67. The molecule has 1 saturated heterocycles. The van der Waals surface area contributed by atoms with E-state index in [9.17, 15) is 23.2 Å². The molecule has 160 valence electrons. The lowest BCUT2D eigenvalue weighted by atomic mass is 9.92. The van der Waals surface area contributed by atoms with Gasteiger partial charge in [0.1, 0.15) is 28.9 Å². The summed E-state index contributed by atoms with van der Waals surface area (Å²) >= 11 is 0.999. The van der Waals surface area contributed by atoms with Gasteiger partial charge in [0.15, 0.2) is 0 Å². The molecule has 4 amide bonds. The van der Waals surface area contributed by atoms with Crippen molar-refractivity contribution in [1.29, 1.82) is 0 Å². The van der Waals surface area contributed by atoms with Crippen LogP contribution in [0.25, 0.3) is 11.0 Å². The summed E-state index contributed by atoms with van der Waals surface area (Å²) in [5, 5.41) is 5.18. The van der Waals surface area contributed by atoms with Gasteiger partial charge in [-0.3, -0.25) is 14.5 Å². The molecular formula is C19H15F2N5O4S. The number of nitrogens with zero attached hydrogens (tertiary/aromatic N) is 3. The van der Waals surface area contributed by atoms with Gasteiger partial charge < -0.3 is 15.4 Å². The van der Waals surface area contributed by atoms with E-state index >= 15 is 0 Å². The lowest BCUT2D eigenvalue weighted by Crippen LogP contribution is -2.42. The van der Waals surface area contributed by atoms with Gasteiger partial charge in [-0.2, -0.15) is 17.5 Å². The van der Waals surface area contributed by atoms with Gasteiger partial charge in [-0.1, -0.05) is 18.2 Å². The predicted molar refractivity (Wildman–Crippen MR) is 107 cm³/mol. The average molecular weight is 447 g/mol. The molecule has 0 saturated carbocycles.